The van der Waals surface area contributed by atoms with E-state index < -0.39 is 11.7 Å². The lowest BCUT2D eigenvalue weighted by atomic mass is 9.58. The minimum Gasteiger partial charge on any atom is -0.348 e. The SMILES string of the molecule is FC1(F)CC2(CCC3(CC2)OCCO3)C1. The van der Waals surface area contributed by atoms with Gasteiger partial charge in [-0.3, -0.25) is 0 Å². The van der Waals surface area contributed by atoms with Crippen molar-refractivity contribution in [2.24, 2.45) is 5.41 Å². The molecule has 0 bridgehead atoms. The second-order valence-electron chi connectivity index (χ2n) is 5.32. The van der Waals surface area contributed by atoms with E-state index in [4.69, 9.17) is 9.47 Å². The molecule has 0 aromatic rings. The van der Waals surface area contributed by atoms with E-state index in [9.17, 15) is 8.78 Å². The van der Waals surface area contributed by atoms with Crippen molar-refractivity contribution in [3.05, 3.63) is 0 Å². The highest BCUT2D eigenvalue weighted by molar-refractivity contribution is 5.03. The first kappa shape index (κ1) is 9.97. The third kappa shape index (κ3) is 1.58. The first-order valence-electron chi connectivity index (χ1n) is 5.69. The monoisotopic (exact) mass is 218 g/mol. The molecule has 4 heteroatoms. The van der Waals surface area contributed by atoms with E-state index in [-0.39, 0.29) is 18.3 Å². The van der Waals surface area contributed by atoms with Crippen molar-refractivity contribution in [3.63, 3.8) is 0 Å². The fourth-order valence-electron chi connectivity index (χ4n) is 3.35. The molecular formula is C11H16F2O2. The van der Waals surface area contributed by atoms with Crippen LogP contribution < -0.4 is 0 Å². The molecule has 86 valence electrons. The molecule has 0 aromatic heterocycles. The number of hydrogen-bond donors (Lipinski definition) is 0. The van der Waals surface area contributed by atoms with E-state index in [1.807, 2.05) is 0 Å². The molecular weight excluding hydrogens is 202 g/mol. The number of rotatable bonds is 0. The lowest BCUT2D eigenvalue weighted by Gasteiger charge is -2.52. The van der Waals surface area contributed by atoms with Crippen LogP contribution in [0.2, 0.25) is 0 Å². The standard InChI is InChI=1S/C11H16F2O2/c12-10(13)7-9(8-10)1-3-11(4-2-9)14-5-6-15-11/h1-8H2. The summed E-state index contributed by atoms with van der Waals surface area (Å²) in [6, 6.07) is 0. The molecule has 0 radical (unpaired) electrons. The van der Waals surface area contributed by atoms with E-state index >= 15 is 0 Å². The van der Waals surface area contributed by atoms with Crippen LogP contribution in [-0.4, -0.2) is 24.9 Å². The molecule has 2 nitrogen and oxygen atoms in total. The molecule has 2 aliphatic carbocycles. The quantitative estimate of drug-likeness (QED) is 0.622. The lowest BCUT2D eigenvalue weighted by molar-refractivity contribution is -0.233. The molecule has 1 saturated heterocycles. The number of halogens is 2. The lowest BCUT2D eigenvalue weighted by Crippen LogP contribution is -2.51. The Morgan fingerprint density at radius 3 is 1.80 bits per heavy atom. The Balaban J connectivity index is 1.62. The van der Waals surface area contributed by atoms with Gasteiger partial charge in [-0.1, -0.05) is 0 Å². The molecule has 1 heterocycles. The fourth-order valence-corrected chi connectivity index (χ4v) is 3.35. The Morgan fingerprint density at radius 2 is 1.33 bits per heavy atom. The minimum atomic E-state index is -2.40. The van der Waals surface area contributed by atoms with E-state index in [0.717, 1.165) is 25.7 Å². The Kier molecular flexibility index (Phi) is 1.94. The number of ether oxygens (including phenoxy) is 2. The van der Waals surface area contributed by atoms with Crippen LogP contribution in [0.1, 0.15) is 38.5 Å². The molecule has 1 aliphatic heterocycles. The van der Waals surface area contributed by atoms with Gasteiger partial charge in [0.25, 0.3) is 0 Å². The highest BCUT2D eigenvalue weighted by Crippen LogP contribution is 2.61. The second kappa shape index (κ2) is 2.92. The van der Waals surface area contributed by atoms with Gasteiger partial charge in [-0.2, -0.15) is 0 Å². The second-order valence-corrected chi connectivity index (χ2v) is 5.32. The summed E-state index contributed by atoms with van der Waals surface area (Å²) in [6.45, 7) is 1.31. The summed E-state index contributed by atoms with van der Waals surface area (Å²) < 4.78 is 36.9. The van der Waals surface area contributed by atoms with Crippen LogP contribution in [0.4, 0.5) is 8.78 Å². The summed E-state index contributed by atoms with van der Waals surface area (Å²) >= 11 is 0. The summed E-state index contributed by atoms with van der Waals surface area (Å²) in [4.78, 5) is 0. The maximum atomic E-state index is 12.9. The molecule has 3 rings (SSSR count). The zero-order chi connectivity index (χ0) is 10.6. The zero-order valence-electron chi connectivity index (χ0n) is 8.73. The van der Waals surface area contributed by atoms with Crippen LogP contribution in [0.25, 0.3) is 0 Å². The first-order chi connectivity index (χ1) is 7.04. The molecule has 0 atom stereocenters. The van der Waals surface area contributed by atoms with Gasteiger partial charge in [-0.25, -0.2) is 8.78 Å². The van der Waals surface area contributed by atoms with Crippen molar-refractivity contribution < 1.29 is 18.3 Å². The molecule has 3 fully saturated rings. The van der Waals surface area contributed by atoms with Gasteiger partial charge in [-0.05, 0) is 18.3 Å². The van der Waals surface area contributed by atoms with Crippen molar-refractivity contribution in [2.45, 2.75) is 50.2 Å². The Bertz CT molecular complexity index is 252. The zero-order valence-corrected chi connectivity index (χ0v) is 8.73. The largest absolute Gasteiger partial charge is 0.348 e. The van der Waals surface area contributed by atoms with Gasteiger partial charge in [0, 0.05) is 25.7 Å². The summed E-state index contributed by atoms with van der Waals surface area (Å²) in [6.07, 6.45) is 3.42. The van der Waals surface area contributed by atoms with E-state index in [1.54, 1.807) is 0 Å². The average Bonchev–Trinajstić information content (AvgIpc) is 2.57. The summed E-state index contributed by atoms with van der Waals surface area (Å²) in [5.74, 6) is -2.81. The summed E-state index contributed by atoms with van der Waals surface area (Å²) in [5, 5.41) is 0. The summed E-state index contributed by atoms with van der Waals surface area (Å²) in [7, 11) is 0. The van der Waals surface area contributed by atoms with Gasteiger partial charge in [0.2, 0.25) is 5.92 Å². The molecule has 2 saturated carbocycles. The minimum absolute atomic E-state index is 0.0794. The van der Waals surface area contributed by atoms with E-state index in [0.29, 0.717) is 13.2 Å². The number of hydrogen-bond acceptors (Lipinski definition) is 2. The van der Waals surface area contributed by atoms with Gasteiger partial charge in [0.1, 0.15) is 0 Å². The van der Waals surface area contributed by atoms with Crippen LogP contribution in [0.5, 0.6) is 0 Å². The predicted molar refractivity (Wildman–Crippen MR) is 49.7 cm³/mol. The molecule has 3 aliphatic rings. The molecule has 0 unspecified atom stereocenters. The highest BCUT2D eigenvalue weighted by Gasteiger charge is 2.59. The van der Waals surface area contributed by atoms with Gasteiger partial charge in [0.05, 0.1) is 13.2 Å². The summed E-state index contributed by atoms with van der Waals surface area (Å²) in [5.41, 5.74) is -0.0932. The van der Waals surface area contributed by atoms with Crippen LogP contribution in [-0.2, 0) is 9.47 Å². The van der Waals surface area contributed by atoms with Gasteiger partial charge in [0.15, 0.2) is 5.79 Å². The average molecular weight is 218 g/mol. The molecule has 15 heavy (non-hydrogen) atoms. The number of alkyl halides is 2. The van der Waals surface area contributed by atoms with Gasteiger partial charge in [-0.15, -0.1) is 0 Å². The van der Waals surface area contributed by atoms with E-state index in [1.165, 1.54) is 0 Å². The topological polar surface area (TPSA) is 18.5 Å². The Morgan fingerprint density at radius 1 is 0.800 bits per heavy atom. The maximum Gasteiger partial charge on any atom is 0.249 e. The Labute approximate surface area is 87.9 Å². The van der Waals surface area contributed by atoms with Crippen LogP contribution in [0.15, 0.2) is 0 Å². The van der Waals surface area contributed by atoms with Gasteiger partial charge >= 0.3 is 0 Å². The van der Waals surface area contributed by atoms with Crippen LogP contribution in [0.3, 0.4) is 0 Å². The van der Waals surface area contributed by atoms with Crippen LogP contribution in [0, 0.1) is 5.41 Å². The molecule has 0 N–H and O–H groups in total. The first-order valence-corrected chi connectivity index (χ1v) is 5.69. The maximum absolute atomic E-state index is 12.9. The third-order valence-corrected chi connectivity index (χ3v) is 4.15. The van der Waals surface area contributed by atoms with Gasteiger partial charge < -0.3 is 9.47 Å². The van der Waals surface area contributed by atoms with Crippen molar-refractivity contribution in [3.8, 4) is 0 Å². The van der Waals surface area contributed by atoms with Crippen LogP contribution >= 0.6 is 0 Å². The predicted octanol–water partition coefficient (Wildman–Crippen LogP) is 2.72. The third-order valence-electron chi connectivity index (χ3n) is 4.15. The normalized spacial score (nSPS) is 35.6. The van der Waals surface area contributed by atoms with E-state index in [2.05, 4.69) is 0 Å². The fraction of sp³-hybridized carbons (Fsp3) is 1.00. The van der Waals surface area contributed by atoms with Crippen molar-refractivity contribution >= 4 is 0 Å². The smallest absolute Gasteiger partial charge is 0.249 e. The molecule has 0 aromatic carbocycles. The van der Waals surface area contributed by atoms with Crippen molar-refractivity contribution in [1.29, 1.82) is 0 Å². The highest BCUT2D eigenvalue weighted by atomic mass is 19.3. The molecule has 0 amide bonds. The van der Waals surface area contributed by atoms with Crippen molar-refractivity contribution in [2.75, 3.05) is 13.2 Å². The Hall–Kier alpha value is -0.220. The van der Waals surface area contributed by atoms with Crippen molar-refractivity contribution in [1.82, 2.24) is 0 Å². The molecule has 2 spiro atoms.